The number of carbonyl (C=O) groups excluding carboxylic acids is 2. The number of halogens is 1. The van der Waals surface area contributed by atoms with Gasteiger partial charge in [0.1, 0.15) is 11.5 Å². The molecule has 0 N–H and O–H groups in total. The normalized spacial score (nSPS) is 24.2. The lowest BCUT2D eigenvalue weighted by molar-refractivity contribution is -0.138. The van der Waals surface area contributed by atoms with E-state index in [-0.39, 0.29) is 35.8 Å². The van der Waals surface area contributed by atoms with E-state index in [1.165, 1.54) is 17.0 Å². The Kier molecular flexibility index (Phi) is 5.14. The van der Waals surface area contributed by atoms with Crippen molar-refractivity contribution in [3.8, 4) is 0 Å². The molecule has 0 aliphatic carbocycles. The molecule has 2 unspecified atom stereocenters. The van der Waals surface area contributed by atoms with E-state index >= 15 is 0 Å². The van der Waals surface area contributed by atoms with Crippen molar-refractivity contribution >= 4 is 17.4 Å². The zero-order valence-corrected chi connectivity index (χ0v) is 15.7. The molecule has 0 spiro atoms. The summed E-state index contributed by atoms with van der Waals surface area (Å²) in [6, 6.07) is 5.74. The number of rotatable bonds is 4. The van der Waals surface area contributed by atoms with E-state index in [4.69, 9.17) is 4.74 Å². The SMILES string of the molecule is CC(C)CN1C(=O)C(c2ccc(F)cc2)=C(N2CC(C)OC(C)C2)C1=O. The molecule has 26 heavy (non-hydrogen) atoms. The van der Waals surface area contributed by atoms with Crippen LogP contribution in [-0.2, 0) is 14.3 Å². The molecule has 2 aliphatic rings. The van der Waals surface area contributed by atoms with E-state index in [1.54, 1.807) is 12.1 Å². The summed E-state index contributed by atoms with van der Waals surface area (Å²) >= 11 is 0. The predicted molar refractivity (Wildman–Crippen MR) is 96.5 cm³/mol. The van der Waals surface area contributed by atoms with Crippen molar-refractivity contribution < 1.29 is 18.7 Å². The van der Waals surface area contributed by atoms with Crippen LogP contribution in [0.4, 0.5) is 4.39 Å². The summed E-state index contributed by atoms with van der Waals surface area (Å²) in [6.07, 6.45) is -0.0782. The highest BCUT2D eigenvalue weighted by Gasteiger charge is 2.43. The van der Waals surface area contributed by atoms with Gasteiger partial charge in [0.15, 0.2) is 0 Å². The molecule has 140 valence electrons. The summed E-state index contributed by atoms with van der Waals surface area (Å²) in [4.78, 5) is 29.4. The van der Waals surface area contributed by atoms with E-state index in [2.05, 4.69) is 0 Å². The largest absolute Gasteiger partial charge is 0.372 e. The number of imide groups is 1. The van der Waals surface area contributed by atoms with Crippen LogP contribution in [0.15, 0.2) is 30.0 Å². The van der Waals surface area contributed by atoms with Gasteiger partial charge in [-0.1, -0.05) is 26.0 Å². The van der Waals surface area contributed by atoms with Crippen molar-refractivity contribution in [2.75, 3.05) is 19.6 Å². The maximum atomic E-state index is 13.3. The van der Waals surface area contributed by atoms with E-state index in [9.17, 15) is 14.0 Å². The molecule has 2 atom stereocenters. The minimum absolute atomic E-state index is 0.0391. The van der Waals surface area contributed by atoms with Crippen molar-refractivity contribution in [1.82, 2.24) is 9.80 Å². The van der Waals surface area contributed by atoms with Gasteiger partial charge in [0.05, 0.1) is 17.8 Å². The standard InChI is InChI=1S/C20H25FN2O3/c1-12(2)9-23-19(24)17(15-5-7-16(21)8-6-15)18(20(23)25)22-10-13(3)26-14(4)11-22/h5-8,12-14H,9-11H2,1-4H3. The Morgan fingerprint density at radius 1 is 1.08 bits per heavy atom. The van der Waals surface area contributed by atoms with Crippen LogP contribution in [0, 0.1) is 11.7 Å². The number of hydrogen-bond acceptors (Lipinski definition) is 4. The molecule has 2 amide bonds. The lowest BCUT2D eigenvalue weighted by Crippen LogP contribution is -2.47. The van der Waals surface area contributed by atoms with Gasteiger partial charge in [0, 0.05) is 19.6 Å². The summed E-state index contributed by atoms with van der Waals surface area (Å²) in [5.74, 6) is -0.791. The first kappa shape index (κ1) is 18.6. The van der Waals surface area contributed by atoms with Gasteiger partial charge in [-0.3, -0.25) is 14.5 Å². The number of ether oxygens (including phenoxy) is 1. The molecule has 0 bridgehead atoms. The second-order valence-corrected chi connectivity index (χ2v) is 7.51. The molecule has 1 aromatic carbocycles. The van der Waals surface area contributed by atoms with E-state index in [0.29, 0.717) is 36.5 Å². The highest BCUT2D eigenvalue weighted by atomic mass is 19.1. The molecule has 2 aliphatic heterocycles. The molecule has 6 heteroatoms. The van der Waals surface area contributed by atoms with Crippen molar-refractivity contribution in [3.05, 3.63) is 41.3 Å². The van der Waals surface area contributed by atoms with E-state index in [1.807, 2.05) is 32.6 Å². The average Bonchev–Trinajstić information content (AvgIpc) is 2.79. The third-order valence-corrected chi connectivity index (χ3v) is 4.56. The predicted octanol–water partition coefficient (Wildman–Crippen LogP) is 2.67. The zero-order valence-electron chi connectivity index (χ0n) is 15.7. The highest BCUT2D eigenvalue weighted by molar-refractivity contribution is 6.35. The number of hydrogen-bond donors (Lipinski definition) is 0. The molecule has 5 nitrogen and oxygen atoms in total. The van der Waals surface area contributed by atoms with Crippen LogP contribution in [0.25, 0.3) is 5.57 Å². The Morgan fingerprint density at radius 3 is 2.19 bits per heavy atom. The van der Waals surface area contributed by atoms with Crippen LogP contribution in [0.3, 0.4) is 0 Å². The van der Waals surface area contributed by atoms with Gasteiger partial charge in [-0.15, -0.1) is 0 Å². The van der Waals surface area contributed by atoms with Gasteiger partial charge in [-0.2, -0.15) is 0 Å². The Labute approximate surface area is 153 Å². The summed E-state index contributed by atoms with van der Waals surface area (Å²) in [5.41, 5.74) is 1.33. The third kappa shape index (κ3) is 3.51. The number of carbonyl (C=O) groups is 2. The molecular weight excluding hydrogens is 335 g/mol. The Hall–Kier alpha value is -2.21. The lowest BCUT2D eigenvalue weighted by Gasteiger charge is -2.37. The Balaban J connectivity index is 2.07. The van der Waals surface area contributed by atoms with Crippen LogP contribution >= 0.6 is 0 Å². The van der Waals surface area contributed by atoms with Gasteiger partial charge in [-0.25, -0.2) is 4.39 Å². The maximum absolute atomic E-state index is 13.3. The first-order chi connectivity index (χ1) is 12.3. The topological polar surface area (TPSA) is 49.9 Å². The molecule has 0 radical (unpaired) electrons. The minimum atomic E-state index is -0.375. The number of morpholine rings is 1. The molecule has 1 saturated heterocycles. The summed E-state index contributed by atoms with van der Waals surface area (Å²) in [7, 11) is 0. The Bertz CT molecular complexity index is 732. The van der Waals surface area contributed by atoms with Crippen molar-refractivity contribution in [1.29, 1.82) is 0 Å². The fourth-order valence-electron chi connectivity index (χ4n) is 3.62. The zero-order chi connectivity index (χ0) is 19.0. The van der Waals surface area contributed by atoms with Crippen molar-refractivity contribution in [2.24, 2.45) is 5.92 Å². The molecule has 2 heterocycles. The van der Waals surface area contributed by atoms with E-state index < -0.39 is 0 Å². The Morgan fingerprint density at radius 2 is 1.65 bits per heavy atom. The summed E-state index contributed by atoms with van der Waals surface area (Å²) in [5, 5.41) is 0. The van der Waals surface area contributed by atoms with Crippen LogP contribution < -0.4 is 0 Å². The van der Waals surface area contributed by atoms with Gasteiger partial charge < -0.3 is 9.64 Å². The van der Waals surface area contributed by atoms with Gasteiger partial charge in [0.25, 0.3) is 11.8 Å². The second-order valence-electron chi connectivity index (χ2n) is 7.51. The van der Waals surface area contributed by atoms with Crippen LogP contribution in [-0.4, -0.2) is 53.5 Å². The van der Waals surface area contributed by atoms with E-state index in [0.717, 1.165) is 0 Å². The third-order valence-electron chi connectivity index (χ3n) is 4.56. The van der Waals surface area contributed by atoms with Crippen molar-refractivity contribution in [3.63, 3.8) is 0 Å². The van der Waals surface area contributed by atoms with Crippen LogP contribution in [0.1, 0.15) is 33.3 Å². The van der Waals surface area contributed by atoms with Gasteiger partial charge in [-0.05, 0) is 37.5 Å². The maximum Gasteiger partial charge on any atom is 0.277 e. The number of nitrogens with zero attached hydrogens (tertiary/aromatic N) is 2. The smallest absolute Gasteiger partial charge is 0.277 e. The van der Waals surface area contributed by atoms with Crippen LogP contribution in [0.2, 0.25) is 0 Å². The summed E-state index contributed by atoms with van der Waals surface area (Å²) < 4.78 is 19.1. The number of amides is 2. The quantitative estimate of drug-likeness (QED) is 0.775. The second kappa shape index (κ2) is 7.19. The molecule has 3 rings (SSSR count). The first-order valence-corrected chi connectivity index (χ1v) is 9.04. The van der Waals surface area contributed by atoms with Gasteiger partial charge in [0.2, 0.25) is 0 Å². The highest BCUT2D eigenvalue weighted by Crippen LogP contribution is 2.33. The lowest BCUT2D eigenvalue weighted by atomic mass is 10.0. The van der Waals surface area contributed by atoms with Gasteiger partial charge >= 0.3 is 0 Å². The average molecular weight is 360 g/mol. The molecule has 1 aromatic rings. The fourth-order valence-corrected chi connectivity index (χ4v) is 3.62. The number of benzene rings is 1. The monoisotopic (exact) mass is 360 g/mol. The van der Waals surface area contributed by atoms with Crippen LogP contribution in [0.5, 0.6) is 0 Å². The summed E-state index contributed by atoms with van der Waals surface area (Å²) in [6.45, 7) is 9.28. The molecule has 1 fully saturated rings. The fraction of sp³-hybridized carbons (Fsp3) is 0.500. The molecular formula is C20H25FN2O3. The first-order valence-electron chi connectivity index (χ1n) is 9.04. The molecule has 0 saturated carbocycles. The minimum Gasteiger partial charge on any atom is -0.372 e. The molecule has 0 aromatic heterocycles. The van der Waals surface area contributed by atoms with Crippen molar-refractivity contribution in [2.45, 2.75) is 39.9 Å².